The van der Waals surface area contributed by atoms with Gasteiger partial charge < -0.3 is 5.73 Å². The fourth-order valence-electron chi connectivity index (χ4n) is 1.44. The third-order valence-corrected chi connectivity index (χ3v) is 4.16. The number of nitrogens with zero attached hydrogens (tertiary/aromatic N) is 1. The van der Waals surface area contributed by atoms with E-state index in [-0.39, 0.29) is 0 Å². The first-order valence-electron chi connectivity index (χ1n) is 4.92. The van der Waals surface area contributed by atoms with Crippen LogP contribution in [-0.2, 0) is 6.18 Å². The van der Waals surface area contributed by atoms with E-state index < -0.39 is 17.2 Å². The number of rotatable bonds is 2. The van der Waals surface area contributed by atoms with Gasteiger partial charge in [0.05, 0.1) is 6.04 Å². The molecule has 96 valence electrons. The molecule has 2 aromatic rings. The zero-order valence-corrected chi connectivity index (χ0v) is 11.3. The summed E-state index contributed by atoms with van der Waals surface area (Å²) in [5, 5.41) is -0.875. The molecule has 0 fully saturated rings. The first-order chi connectivity index (χ1) is 8.39. The monoisotopic (exact) mass is 336 g/mol. The highest BCUT2D eigenvalue weighted by atomic mass is 79.9. The fourth-order valence-corrected chi connectivity index (χ4v) is 2.78. The lowest BCUT2D eigenvalue weighted by atomic mass is 10.1. The first-order valence-corrected chi connectivity index (χ1v) is 6.53. The summed E-state index contributed by atoms with van der Waals surface area (Å²) in [7, 11) is 0. The van der Waals surface area contributed by atoms with Crippen molar-refractivity contribution in [2.75, 3.05) is 0 Å². The smallest absolute Gasteiger partial charge is 0.320 e. The van der Waals surface area contributed by atoms with Crippen LogP contribution in [0.2, 0.25) is 0 Å². The molecule has 0 aliphatic carbocycles. The Balaban J connectivity index is 2.33. The quantitative estimate of drug-likeness (QED) is 0.901. The molecular weight excluding hydrogens is 329 g/mol. The van der Waals surface area contributed by atoms with Gasteiger partial charge in [-0.1, -0.05) is 34.1 Å². The van der Waals surface area contributed by atoms with Crippen LogP contribution in [0, 0.1) is 0 Å². The van der Waals surface area contributed by atoms with E-state index in [1.807, 2.05) is 6.07 Å². The molecular formula is C11H8BrF3N2S. The fraction of sp³-hybridized carbons (Fsp3) is 0.182. The molecule has 1 aromatic carbocycles. The summed E-state index contributed by atoms with van der Waals surface area (Å²) in [6.45, 7) is 0. The molecule has 1 atom stereocenters. The Morgan fingerprint density at radius 3 is 2.50 bits per heavy atom. The molecule has 0 amide bonds. The Morgan fingerprint density at radius 1 is 1.28 bits per heavy atom. The highest BCUT2D eigenvalue weighted by Crippen LogP contribution is 2.36. The van der Waals surface area contributed by atoms with E-state index in [1.54, 1.807) is 18.2 Å². The van der Waals surface area contributed by atoms with Crippen LogP contribution in [0.5, 0.6) is 0 Å². The average molecular weight is 337 g/mol. The van der Waals surface area contributed by atoms with Gasteiger partial charge in [0, 0.05) is 15.5 Å². The van der Waals surface area contributed by atoms with Gasteiger partial charge in [-0.2, -0.15) is 13.2 Å². The highest BCUT2D eigenvalue weighted by molar-refractivity contribution is 9.10. The summed E-state index contributed by atoms with van der Waals surface area (Å²) in [6, 6.07) is 6.54. The normalized spacial score (nSPS) is 13.6. The number of hydrogen-bond donors (Lipinski definition) is 1. The van der Waals surface area contributed by atoms with E-state index in [2.05, 4.69) is 20.9 Å². The molecule has 0 saturated heterocycles. The van der Waals surface area contributed by atoms with Crippen molar-refractivity contribution in [3.8, 4) is 0 Å². The minimum absolute atomic E-state index is 0.384. The number of halogens is 4. The van der Waals surface area contributed by atoms with Crippen molar-refractivity contribution in [1.82, 2.24) is 4.98 Å². The molecule has 1 unspecified atom stereocenters. The lowest BCUT2D eigenvalue weighted by molar-refractivity contribution is -0.137. The number of nitrogens with two attached hydrogens (primary N) is 1. The third kappa shape index (κ3) is 2.73. The van der Waals surface area contributed by atoms with E-state index in [4.69, 9.17) is 5.73 Å². The van der Waals surface area contributed by atoms with Gasteiger partial charge in [-0.05, 0) is 11.6 Å². The Labute approximate surface area is 114 Å². The summed E-state index contributed by atoms with van der Waals surface area (Å²) in [5.74, 6) is 0. The van der Waals surface area contributed by atoms with Crippen LogP contribution in [0.1, 0.15) is 21.5 Å². The predicted molar refractivity (Wildman–Crippen MR) is 67.3 cm³/mol. The Morgan fingerprint density at radius 2 is 1.94 bits per heavy atom. The standard InChI is InChI=1S/C11H8BrF3N2S/c12-7-4-2-1-3-6(7)9(16)8-5-17-10(18-8)11(13,14)15/h1-5,9H,16H2. The van der Waals surface area contributed by atoms with Crippen molar-refractivity contribution in [3.05, 3.63) is 50.4 Å². The Kier molecular flexibility index (Phi) is 3.74. The zero-order valence-electron chi connectivity index (χ0n) is 8.91. The average Bonchev–Trinajstić information content (AvgIpc) is 2.77. The summed E-state index contributed by atoms with van der Waals surface area (Å²) in [4.78, 5) is 3.75. The van der Waals surface area contributed by atoms with Crippen LogP contribution in [0.3, 0.4) is 0 Å². The van der Waals surface area contributed by atoms with E-state index in [0.717, 1.165) is 10.0 Å². The van der Waals surface area contributed by atoms with E-state index in [0.29, 0.717) is 16.2 Å². The van der Waals surface area contributed by atoms with Gasteiger partial charge in [0.25, 0.3) is 0 Å². The molecule has 2 rings (SSSR count). The summed E-state index contributed by atoms with van der Waals surface area (Å²) >= 11 is 3.89. The molecule has 7 heteroatoms. The molecule has 2 nitrogen and oxygen atoms in total. The topological polar surface area (TPSA) is 38.9 Å². The molecule has 2 N–H and O–H groups in total. The van der Waals surface area contributed by atoms with Gasteiger partial charge >= 0.3 is 6.18 Å². The molecule has 1 aromatic heterocycles. The SMILES string of the molecule is NC(c1cnc(C(F)(F)F)s1)c1ccccc1Br. The van der Waals surface area contributed by atoms with Crippen molar-refractivity contribution in [3.63, 3.8) is 0 Å². The third-order valence-electron chi connectivity index (χ3n) is 2.31. The Hall–Kier alpha value is -0.920. The maximum absolute atomic E-state index is 12.4. The van der Waals surface area contributed by atoms with Crippen LogP contribution >= 0.6 is 27.3 Å². The molecule has 0 aliphatic rings. The molecule has 0 spiro atoms. The minimum Gasteiger partial charge on any atom is -0.320 e. The summed E-state index contributed by atoms with van der Waals surface area (Å²) in [5.41, 5.74) is 6.68. The zero-order chi connectivity index (χ0) is 13.3. The van der Waals surface area contributed by atoms with E-state index >= 15 is 0 Å². The van der Waals surface area contributed by atoms with Crippen molar-refractivity contribution >= 4 is 27.3 Å². The number of alkyl halides is 3. The van der Waals surface area contributed by atoms with Gasteiger partial charge in [-0.15, -0.1) is 11.3 Å². The molecule has 0 bridgehead atoms. The molecule has 0 saturated carbocycles. The minimum atomic E-state index is -4.42. The van der Waals surface area contributed by atoms with Crippen LogP contribution in [-0.4, -0.2) is 4.98 Å². The van der Waals surface area contributed by atoms with Crippen LogP contribution < -0.4 is 5.73 Å². The van der Waals surface area contributed by atoms with Crippen molar-refractivity contribution < 1.29 is 13.2 Å². The molecule has 0 aliphatic heterocycles. The molecule has 0 radical (unpaired) electrons. The Bertz CT molecular complexity index is 553. The van der Waals surface area contributed by atoms with E-state index in [9.17, 15) is 13.2 Å². The van der Waals surface area contributed by atoms with Gasteiger partial charge in [-0.3, -0.25) is 0 Å². The molecule has 18 heavy (non-hydrogen) atoms. The molecule has 1 heterocycles. The van der Waals surface area contributed by atoms with Crippen LogP contribution in [0.25, 0.3) is 0 Å². The van der Waals surface area contributed by atoms with Crippen LogP contribution in [0.15, 0.2) is 34.9 Å². The maximum Gasteiger partial charge on any atom is 0.443 e. The lowest BCUT2D eigenvalue weighted by Gasteiger charge is -2.11. The van der Waals surface area contributed by atoms with Gasteiger partial charge in [0.1, 0.15) is 0 Å². The first kappa shape index (κ1) is 13.5. The highest BCUT2D eigenvalue weighted by Gasteiger charge is 2.35. The summed E-state index contributed by atoms with van der Waals surface area (Å²) < 4.78 is 38.1. The second-order valence-corrected chi connectivity index (χ2v) is 5.48. The van der Waals surface area contributed by atoms with Crippen molar-refractivity contribution in [2.24, 2.45) is 5.73 Å². The predicted octanol–water partition coefficient (Wildman–Crippen LogP) is 3.97. The van der Waals surface area contributed by atoms with Crippen molar-refractivity contribution in [2.45, 2.75) is 12.2 Å². The number of aromatic nitrogens is 1. The van der Waals surface area contributed by atoms with Crippen LogP contribution in [0.4, 0.5) is 13.2 Å². The maximum atomic E-state index is 12.4. The van der Waals surface area contributed by atoms with Gasteiger partial charge in [-0.25, -0.2) is 4.98 Å². The lowest BCUT2D eigenvalue weighted by Crippen LogP contribution is -2.10. The second kappa shape index (κ2) is 4.99. The van der Waals surface area contributed by atoms with Gasteiger partial charge in [0.2, 0.25) is 0 Å². The van der Waals surface area contributed by atoms with Crippen molar-refractivity contribution in [1.29, 1.82) is 0 Å². The largest absolute Gasteiger partial charge is 0.443 e. The summed E-state index contributed by atoms with van der Waals surface area (Å²) in [6.07, 6.45) is -3.24. The number of hydrogen-bond acceptors (Lipinski definition) is 3. The number of thiazole rings is 1. The number of benzene rings is 1. The van der Waals surface area contributed by atoms with Gasteiger partial charge in [0.15, 0.2) is 5.01 Å². The second-order valence-electron chi connectivity index (χ2n) is 3.56. The van der Waals surface area contributed by atoms with E-state index in [1.165, 1.54) is 6.20 Å².